The number of carbonyl (C=O) groups is 1. The number of sulfonamides is 1. The van der Waals surface area contributed by atoms with Gasteiger partial charge in [0, 0.05) is 24.6 Å². The average Bonchev–Trinajstić information content (AvgIpc) is 3.35. The number of aromatic nitrogens is 3. The molecule has 2 N–H and O–H groups in total. The summed E-state index contributed by atoms with van der Waals surface area (Å²) in [7, 11) is -2.18. The number of nitrogens with one attached hydrogen (secondary N) is 2. The first-order valence-electron chi connectivity index (χ1n) is 11.3. The van der Waals surface area contributed by atoms with Crippen LogP contribution < -0.4 is 10.1 Å². The van der Waals surface area contributed by atoms with E-state index in [4.69, 9.17) is 4.74 Å². The fraction of sp³-hybridized carbons (Fsp3) is 0.375. The summed E-state index contributed by atoms with van der Waals surface area (Å²) in [6.45, 7) is 4.55. The number of carbonyl (C=O) groups excluding carboxylic acids is 1. The van der Waals surface area contributed by atoms with Crippen molar-refractivity contribution in [1.29, 1.82) is 0 Å². The Morgan fingerprint density at radius 3 is 2.59 bits per heavy atom. The normalized spacial score (nSPS) is 17.0. The van der Waals surface area contributed by atoms with Crippen molar-refractivity contribution in [3.63, 3.8) is 0 Å². The Balaban J connectivity index is 1.50. The summed E-state index contributed by atoms with van der Waals surface area (Å²) in [5, 5.41) is 10.2. The van der Waals surface area contributed by atoms with Gasteiger partial charge in [-0.05, 0) is 49.2 Å². The highest BCUT2D eigenvalue weighted by molar-refractivity contribution is 7.89. The van der Waals surface area contributed by atoms with Crippen molar-refractivity contribution in [3.05, 3.63) is 54.4 Å². The topological polar surface area (TPSA) is 117 Å². The minimum atomic E-state index is -3.71. The van der Waals surface area contributed by atoms with Gasteiger partial charge in [-0.25, -0.2) is 13.4 Å². The number of benzene rings is 2. The molecule has 1 amide bonds. The molecule has 34 heavy (non-hydrogen) atoms. The number of para-hydroxylation sites is 1. The Kier molecular flexibility index (Phi) is 6.99. The first-order chi connectivity index (χ1) is 16.3. The molecule has 0 radical (unpaired) electrons. The standard InChI is InChI=1S/C24H29N5O4S/c1-16(2)22-26-23(28-27-22)20-8-4-5-9-21(20)25-24(30)17-7-6-14-29(15-17)34(31,32)19-12-10-18(33-3)11-13-19/h4-5,8-13,16-17H,6-7,14-15H2,1-3H3,(H,25,30)(H,26,27,28). The number of amides is 1. The number of hydrogen-bond acceptors (Lipinski definition) is 6. The third-order valence-electron chi connectivity index (χ3n) is 5.93. The predicted octanol–water partition coefficient (Wildman–Crippen LogP) is 3.64. The van der Waals surface area contributed by atoms with Gasteiger partial charge in [-0.2, -0.15) is 9.40 Å². The summed E-state index contributed by atoms with van der Waals surface area (Å²) in [5.41, 5.74) is 1.30. The highest BCUT2D eigenvalue weighted by Gasteiger charge is 2.33. The Labute approximate surface area is 199 Å². The highest BCUT2D eigenvalue weighted by Crippen LogP contribution is 2.29. The molecule has 1 aromatic heterocycles. The Bertz CT molecular complexity index is 1250. The van der Waals surface area contributed by atoms with Gasteiger partial charge in [0.2, 0.25) is 15.9 Å². The van der Waals surface area contributed by atoms with Crippen molar-refractivity contribution in [2.45, 2.75) is 37.5 Å². The van der Waals surface area contributed by atoms with E-state index < -0.39 is 15.9 Å². The van der Waals surface area contributed by atoms with Crippen LogP contribution >= 0.6 is 0 Å². The van der Waals surface area contributed by atoms with Crippen LogP contribution in [0.3, 0.4) is 0 Å². The summed E-state index contributed by atoms with van der Waals surface area (Å²) in [4.78, 5) is 17.9. The largest absolute Gasteiger partial charge is 0.497 e. The van der Waals surface area contributed by atoms with Gasteiger partial charge in [0.05, 0.1) is 23.6 Å². The molecule has 4 rings (SSSR count). The maximum Gasteiger partial charge on any atom is 0.243 e. The van der Waals surface area contributed by atoms with E-state index in [0.29, 0.717) is 42.2 Å². The van der Waals surface area contributed by atoms with E-state index in [-0.39, 0.29) is 23.3 Å². The van der Waals surface area contributed by atoms with Crippen LogP contribution in [-0.2, 0) is 14.8 Å². The summed E-state index contributed by atoms with van der Waals surface area (Å²) in [6, 6.07) is 13.6. The average molecular weight is 484 g/mol. The molecule has 1 unspecified atom stereocenters. The fourth-order valence-electron chi connectivity index (χ4n) is 3.95. The summed E-state index contributed by atoms with van der Waals surface area (Å²) < 4.78 is 32.8. The van der Waals surface area contributed by atoms with E-state index in [1.807, 2.05) is 32.0 Å². The van der Waals surface area contributed by atoms with Crippen molar-refractivity contribution in [2.24, 2.45) is 5.92 Å². The van der Waals surface area contributed by atoms with Crippen LogP contribution in [0.4, 0.5) is 5.69 Å². The Morgan fingerprint density at radius 1 is 1.18 bits per heavy atom. The van der Waals surface area contributed by atoms with Gasteiger partial charge in [-0.3, -0.25) is 9.89 Å². The van der Waals surface area contributed by atoms with Gasteiger partial charge in [0.25, 0.3) is 0 Å². The zero-order valence-corrected chi connectivity index (χ0v) is 20.3. The molecule has 1 atom stereocenters. The Morgan fingerprint density at radius 2 is 1.91 bits per heavy atom. The molecule has 0 aliphatic carbocycles. The van der Waals surface area contributed by atoms with E-state index in [9.17, 15) is 13.2 Å². The lowest BCUT2D eigenvalue weighted by Gasteiger charge is -2.31. The second-order valence-electron chi connectivity index (χ2n) is 8.61. The number of ether oxygens (including phenoxy) is 1. The zero-order chi connectivity index (χ0) is 24.3. The van der Waals surface area contributed by atoms with E-state index in [0.717, 1.165) is 5.82 Å². The maximum absolute atomic E-state index is 13.2. The molecular weight excluding hydrogens is 454 g/mol. The van der Waals surface area contributed by atoms with E-state index >= 15 is 0 Å². The van der Waals surface area contributed by atoms with Crippen LogP contribution in [0.2, 0.25) is 0 Å². The molecule has 0 spiro atoms. The number of H-pyrrole nitrogens is 1. The molecule has 9 nitrogen and oxygen atoms in total. The van der Waals surface area contributed by atoms with Gasteiger partial charge in [-0.1, -0.05) is 26.0 Å². The molecule has 1 aliphatic heterocycles. The molecule has 3 aromatic rings. The second-order valence-corrected chi connectivity index (χ2v) is 10.5. The number of methoxy groups -OCH3 is 1. The molecule has 0 bridgehead atoms. The Hall–Kier alpha value is -3.24. The van der Waals surface area contributed by atoms with Crippen molar-refractivity contribution in [1.82, 2.24) is 19.5 Å². The first-order valence-corrected chi connectivity index (χ1v) is 12.7. The van der Waals surface area contributed by atoms with Gasteiger partial charge in [-0.15, -0.1) is 0 Å². The fourth-order valence-corrected chi connectivity index (χ4v) is 5.47. The lowest BCUT2D eigenvalue weighted by Crippen LogP contribution is -2.43. The third kappa shape index (κ3) is 4.97. The number of aromatic amines is 1. The third-order valence-corrected chi connectivity index (χ3v) is 7.81. The second kappa shape index (κ2) is 9.94. The zero-order valence-electron chi connectivity index (χ0n) is 19.5. The molecule has 1 saturated heterocycles. The minimum absolute atomic E-state index is 0.126. The van der Waals surface area contributed by atoms with Gasteiger partial charge < -0.3 is 10.1 Å². The lowest BCUT2D eigenvalue weighted by atomic mass is 9.98. The van der Waals surface area contributed by atoms with Crippen molar-refractivity contribution >= 4 is 21.6 Å². The smallest absolute Gasteiger partial charge is 0.243 e. The van der Waals surface area contributed by atoms with Crippen LogP contribution in [0.1, 0.15) is 38.4 Å². The van der Waals surface area contributed by atoms with Crippen LogP contribution in [0.25, 0.3) is 11.4 Å². The first kappa shape index (κ1) is 23.9. The molecule has 180 valence electrons. The van der Waals surface area contributed by atoms with Crippen LogP contribution in [0, 0.1) is 5.92 Å². The number of piperidine rings is 1. The summed E-state index contributed by atoms with van der Waals surface area (Å²) in [5.74, 6) is 1.37. The highest BCUT2D eigenvalue weighted by atomic mass is 32.2. The van der Waals surface area contributed by atoms with Crippen LogP contribution in [-0.4, -0.2) is 54.0 Å². The van der Waals surface area contributed by atoms with Gasteiger partial charge in [0.1, 0.15) is 11.6 Å². The predicted molar refractivity (Wildman–Crippen MR) is 129 cm³/mol. The van der Waals surface area contributed by atoms with Gasteiger partial charge in [0.15, 0.2) is 5.82 Å². The quantitative estimate of drug-likeness (QED) is 0.530. The number of rotatable bonds is 7. The lowest BCUT2D eigenvalue weighted by molar-refractivity contribution is -0.120. The van der Waals surface area contributed by atoms with Crippen LogP contribution in [0.5, 0.6) is 5.75 Å². The minimum Gasteiger partial charge on any atom is -0.497 e. The number of hydrogen-bond donors (Lipinski definition) is 2. The van der Waals surface area contributed by atoms with Crippen molar-refractivity contribution in [3.8, 4) is 17.1 Å². The summed E-state index contributed by atoms with van der Waals surface area (Å²) >= 11 is 0. The van der Waals surface area contributed by atoms with Crippen molar-refractivity contribution in [2.75, 3.05) is 25.5 Å². The van der Waals surface area contributed by atoms with Crippen molar-refractivity contribution < 1.29 is 17.9 Å². The molecule has 10 heteroatoms. The molecule has 1 fully saturated rings. The molecule has 2 heterocycles. The SMILES string of the molecule is COc1ccc(S(=O)(=O)N2CCCC(C(=O)Nc3ccccc3-c3n[nH]c(C(C)C)n3)C2)cc1. The van der Waals surface area contributed by atoms with Gasteiger partial charge >= 0.3 is 0 Å². The van der Waals surface area contributed by atoms with E-state index in [2.05, 4.69) is 20.5 Å². The molecular formula is C24H29N5O4S. The number of nitrogens with zero attached hydrogens (tertiary/aromatic N) is 3. The van der Waals surface area contributed by atoms with E-state index in [1.165, 1.54) is 23.5 Å². The molecule has 0 saturated carbocycles. The van der Waals surface area contributed by atoms with Crippen LogP contribution in [0.15, 0.2) is 53.4 Å². The maximum atomic E-state index is 13.2. The number of anilines is 1. The van der Waals surface area contributed by atoms with E-state index in [1.54, 1.807) is 18.2 Å². The monoisotopic (exact) mass is 483 g/mol. The summed E-state index contributed by atoms with van der Waals surface area (Å²) in [6.07, 6.45) is 1.22. The molecule has 2 aromatic carbocycles. The molecule has 1 aliphatic rings.